The minimum absolute atomic E-state index is 0.116. The summed E-state index contributed by atoms with van der Waals surface area (Å²) in [7, 11) is 5.31. The van der Waals surface area contributed by atoms with Gasteiger partial charge in [0.2, 0.25) is 0 Å². The molecular formula is C19H16ClN5O2. The number of allylic oxidation sites excluding steroid dienone is 1. The van der Waals surface area contributed by atoms with Crippen LogP contribution in [0.15, 0.2) is 40.9 Å². The van der Waals surface area contributed by atoms with E-state index >= 15 is 0 Å². The Morgan fingerprint density at radius 2 is 2.07 bits per heavy atom. The number of carbonyl (C=O) groups excluding carboxylic acids is 1. The van der Waals surface area contributed by atoms with E-state index in [4.69, 9.17) is 16.0 Å². The van der Waals surface area contributed by atoms with E-state index in [9.17, 15) is 10.1 Å². The number of hydrogen-bond acceptors (Lipinski definition) is 6. The van der Waals surface area contributed by atoms with Crippen LogP contribution in [0.25, 0.3) is 11.6 Å². The van der Waals surface area contributed by atoms with Crippen LogP contribution in [0.5, 0.6) is 0 Å². The zero-order valence-electron chi connectivity index (χ0n) is 15.0. The van der Waals surface area contributed by atoms with Gasteiger partial charge in [0.1, 0.15) is 11.6 Å². The third-order valence-corrected chi connectivity index (χ3v) is 4.07. The van der Waals surface area contributed by atoms with Crippen molar-refractivity contribution in [2.24, 2.45) is 7.05 Å². The molecule has 0 aliphatic rings. The number of anilines is 1. The summed E-state index contributed by atoms with van der Waals surface area (Å²) in [5.41, 5.74) is 1.85. The molecule has 1 aromatic carbocycles. The van der Waals surface area contributed by atoms with Crippen molar-refractivity contribution in [3.63, 3.8) is 0 Å². The highest BCUT2D eigenvalue weighted by atomic mass is 35.5. The third-order valence-electron chi connectivity index (χ3n) is 3.83. The average Bonchev–Trinajstić information content (AvgIpc) is 3.26. The molecule has 2 heterocycles. The van der Waals surface area contributed by atoms with Crippen LogP contribution in [0.1, 0.15) is 27.5 Å². The van der Waals surface area contributed by atoms with Crippen molar-refractivity contribution in [3.05, 3.63) is 64.3 Å². The number of nitriles is 1. The molecular weight excluding hydrogens is 366 g/mol. The van der Waals surface area contributed by atoms with Gasteiger partial charge in [0, 0.05) is 49.2 Å². The van der Waals surface area contributed by atoms with Crippen LogP contribution in [0.4, 0.5) is 6.01 Å². The van der Waals surface area contributed by atoms with E-state index < -0.39 is 0 Å². The quantitative estimate of drug-likeness (QED) is 0.497. The summed E-state index contributed by atoms with van der Waals surface area (Å²) >= 11 is 5.96. The Balaban J connectivity index is 1.94. The monoisotopic (exact) mass is 381 g/mol. The van der Waals surface area contributed by atoms with Gasteiger partial charge in [0.25, 0.3) is 5.89 Å². The highest BCUT2D eigenvalue weighted by molar-refractivity contribution is 6.31. The zero-order valence-corrected chi connectivity index (χ0v) is 15.7. The zero-order chi connectivity index (χ0) is 19.6. The van der Waals surface area contributed by atoms with E-state index in [0.717, 1.165) is 0 Å². The van der Waals surface area contributed by atoms with Gasteiger partial charge in [-0.05, 0) is 24.3 Å². The maximum Gasteiger partial charge on any atom is 0.317 e. The lowest BCUT2D eigenvalue weighted by molar-refractivity contribution is 0.103. The Kier molecular flexibility index (Phi) is 5.10. The first-order chi connectivity index (χ1) is 12.9. The fourth-order valence-corrected chi connectivity index (χ4v) is 2.63. The average molecular weight is 382 g/mol. The van der Waals surface area contributed by atoms with E-state index in [1.54, 1.807) is 73.2 Å². The molecule has 0 aliphatic heterocycles. The molecule has 3 rings (SSSR count). The second-order valence-electron chi connectivity index (χ2n) is 6.06. The van der Waals surface area contributed by atoms with Crippen molar-refractivity contribution >= 4 is 35.0 Å². The number of hydrogen-bond donors (Lipinski definition) is 0. The maximum atomic E-state index is 12.7. The van der Waals surface area contributed by atoms with Gasteiger partial charge < -0.3 is 13.9 Å². The molecule has 0 fully saturated rings. The number of rotatable bonds is 5. The Labute approximate surface area is 161 Å². The summed E-state index contributed by atoms with van der Waals surface area (Å²) in [6.07, 6.45) is 3.30. The van der Waals surface area contributed by atoms with Gasteiger partial charge in [0.05, 0.1) is 0 Å². The van der Waals surface area contributed by atoms with Crippen LogP contribution < -0.4 is 4.90 Å². The van der Waals surface area contributed by atoms with E-state index in [2.05, 4.69) is 16.3 Å². The van der Waals surface area contributed by atoms with Crippen LogP contribution in [-0.4, -0.2) is 34.6 Å². The summed E-state index contributed by atoms with van der Waals surface area (Å²) in [4.78, 5) is 14.3. The standard InChI is InChI=1S/C19H16ClN5O2/c1-24(2)19-23-22-18(27-19)13(10-21)8-16-9-14(11-25(16)3)17(26)12-5-4-6-15(20)7-12/h4-9,11H,1-3H3/b13-8-. The SMILES string of the molecule is CN(C)c1nnc(/C(C#N)=C\c2cc(C(=O)c3cccc(Cl)c3)cn2C)o1. The molecule has 0 atom stereocenters. The molecule has 0 spiro atoms. The van der Waals surface area contributed by atoms with Crippen LogP contribution >= 0.6 is 11.6 Å². The summed E-state index contributed by atoms with van der Waals surface area (Å²) in [6, 6.07) is 10.8. The summed E-state index contributed by atoms with van der Waals surface area (Å²) in [5, 5.41) is 17.7. The Morgan fingerprint density at radius 3 is 2.70 bits per heavy atom. The highest BCUT2D eigenvalue weighted by Crippen LogP contribution is 2.22. The first-order valence-corrected chi connectivity index (χ1v) is 8.36. The second-order valence-corrected chi connectivity index (χ2v) is 6.49. The Hall–Kier alpha value is -3.37. The third kappa shape index (κ3) is 3.91. The van der Waals surface area contributed by atoms with Crippen molar-refractivity contribution < 1.29 is 9.21 Å². The molecule has 0 radical (unpaired) electrons. The lowest BCUT2D eigenvalue weighted by atomic mass is 10.1. The molecule has 3 aromatic rings. The van der Waals surface area contributed by atoms with Gasteiger partial charge >= 0.3 is 6.01 Å². The largest absolute Gasteiger partial charge is 0.402 e. The van der Waals surface area contributed by atoms with E-state index in [0.29, 0.717) is 27.9 Å². The number of halogens is 1. The molecule has 27 heavy (non-hydrogen) atoms. The number of aromatic nitrogens is 3. The number of carbonyl (C=O) groups is 1. The molecule has 136 valence electrons. The lowest BCUT2D eigenvalue weighted by Crippen LogP contribution is -2.08. The second kappa shape index (κ2) is 7.48. The van der Waals surface area contributed by atoms with Crippen LogP contribution in [0.2, 0.25) is 5.02 Å². The molecule has 2 aromatic heterocycles. The van der Waals surface area contributed by atoms with E-state index in [1.807, 2.05) is 0 Å². The van der Waals surface area contributed by atoms with Gasteiger partial charge in [-0.25, -0.2) is 0 Å². The van der Waals surface area contributed by atoms with Gasteiger partial charge in [0.15, 0.2) is 5.78 Å². The predicted octanol–water partition coefficient (Wildman–Crippen LogP) is 3.42. The van der Waals surface area contributed by atoms with E-state index in [1.165, 1.54) is 0 Å². The first kappa shape index (κ1) is 18.4. The molecule has 8 heteroatoms. The molecule has 0 bridgehead atoms. The molecule has 7 nitrogen and oxygen atoms in total. The minimum Gasteiger partial charge on any atom is -0.402 e. The van der Waals surface area contributed by atoms with Gasteiger partial charge in [-0.1, -0.05) is 28.8 Å². The highest BCUT2D eigenvalue weighted by Gasteiger charge is 2.16. The number of nitrogens with zero attached hydrogens (tertiary/aromatic N) is 5. The molecule has 0 saturated carbocycles. The summed E-state index contributed by atoms with van der Waals surface area (Å²) < 4.78 is 7.22. The molecule has 0 aliphatic carbocycles. The maximum absolute atomic E-state index is 12.7. The topological polar surface area (TPSA) is 88.0 Å². The minimum atomic E-state index is -0.154. The van der Waals surface area contributed by atoms with Crippen LogP contribution in [0.3, 0.4) is 0 Å². The fourth-order valence-electron chi connectivity index (χ4n) is 2.44. The molecule has 0 amide bonds. The summed E-state index contributed by atoms with van der Waals surface area (Å²) in [6.45, 7) is 0. The number of aryl methyl sites for hydroxylation is 1. The number of ketones is 1. The molecule has 0 unspecified atom stereocenters. The fraction of sp³-hybridized carbons (Fsp3) is 0.158. The van der Waals surface area contributed by atoms with Gasteiger partial charge in [-0.2, -0.15) is 5.26 Å². The summed E-state index contributed by atoms with van der Waals surface area (Å²) in [5.74, 6) is -0.0379. The van der Waals surface area contributed by atoms with Crippen molar-refractivity contribution in [3.8, 4) is 6.07 Å². The Bertz CT molecular complexity index is 1070. The smallest absolute Gasteiger partial charge is 0.317 e. The predicted molar refractivity (Wildman–Crippen MR) is 102 cm³/mol. The van der Waals surface area contributed by atoms with Crippen molar-refractivity contribution in [2.75, 3.05) is 19.0 Å². The lowest BCUT2D eigenvalue weighted by Gasteiger charge is -2.02. The van der Waals surface area contributed by atoms with Crippen molar-refractivity contribution in [2.45, 2.75) is 0 Å². The van der Waals surface area contributed by atoms with E-state index in [-0.39, 0.29) is 17.2 Å². The van der Waals surface area contributed by atoms with Crippen LogP contribution in [0, 0.1) is 11.3 Å². The molecule has 0 N–H and O–H groups in total. The van der Waals surface area contributed by atoms with Crippen LogP contribution in [-0.2, 0) is 7.05 Å². The normalized spacial score (nSPS) is 11.3. The first-order valence-electron chi connectivity index (χ1n) is 7.98. The Morgan fingerprint density at radius 1 is 1.30 bits per heavy atom. The van der Waals surface area contributed by atoms with Crippen molar-refractivity contribution in [1.29, 1.82) is 5.26 Å². The van der Waals surface area contributed by atoms with Gasteiger partial charge in [-0.3, -0.25) is 4.79 Å². The van der Waals surface area contributed by atoms with Crippen molar-refractivity contribution in [1.82, 2.24) is 14.8 Å². The number of benzene rings is 1. The molecule has 0 saturated heterocycles. The van der Waals surface area contributed by atoms with Gasteiger partial charge in [-0.15, -0.1) is 5.10 Å².